The molecule has 1 aromatic heterocycles. The summed E-state index contributed by atoms with van der Waals surface area (Å²) in [7, 11) is 0. The molecule has 2 N–H and O–H groups in total. The molecule has 0 unspecified atom stereocenters. The lowest BCUT2D eigenvalue weighted by atomic mass is 10.0. The van der Waals surface area contributed by atoms with Crippen LogP contribution in [0.2, 0.25) is 10.0 Å². The molecule has 28 heavy (non-hydrogen) atoms. The van der Waals surface area contributed by atoms with E-state index >= 15 is 0 Å². The molecule has 0 saturated heterocycles. The first kappa shape index (κ1) is 19.9. The maximum atomic E-state index is 12.5. The fraction of sp³-hybridized carbons (Fsp3) is 0.0952. The summed E-state index contributed by atoms with van der Waals surface area (Å²) < 4.78 is 0. The number of hydrogen-bond donors (Lipinski definition) is 2. The first-order valence-corrected chi connectivity index (χ1v) is 9.18. The standard InChI is InChI=1S/C21H16Cl2N2O3/c22-16-2-1-3-17(23)19(16)20(26)25-18(21(27)28)12-13-4-6-14(7-5-13)15-8-10-24-11-9-15/h1-11,18H,12H2,(H,25,26)(H,27,28)/t18-/m0/s1. The quantitative estimate of drug-likeness (QED) is 0.622. The molecule has 0 radical (unpaired) electrons. The van der Waals surface area contributed by atoms with Crippen molar-refractivity contribution in [2.75, 3.05) is 0 Å². The molecule has 7 heteroatoms. The lowest BCUT2D eigenvalue weighted by Gasteiger charge is -2.16. The molecule has 142 valence electrons. The predicted octanol–water partition coefficient (Wildman–Crippen LogP) is 4.48. The van der Waals surface area contributed by atoms with Crippen LogP contribution in [-0.4, -0.2) is 28.0 Å². The van der Waals surface area contributed by atoms with Crippen LogP contribution in [0.5, 0.6) is 0 Å². The number of carbonyl (C=O) groups is 2. The number of pyridine rings is 1. The van der Waals surface area contributed by atoms with E-state index in [0.29, 0.717) is 0 Å². The van der Waals surface area contributed by atoms with Crippen molar-refractivity contribution in [1.82, 2.24) is 10.3 Å². The zero-order valence-electron chi connectivity index (χ0n) is 14.6. The van der Waals surface area contributed by atoms with Crippen molar-refractivity contribution in [3.8, 4) is 11.1 Å². The van der Waals surface area contributed by atoms with Crippen LogP contribution in [0.1, 0.15) is 15.9 Å². The molecule has 3 rings (SSSR count). The van der Waals surface area contributed by atoms with Crippen molar-refractivity contribution in [1.29, 1.82) is 0 Å². The van der Waals surface area contributed by atoms with Crippen molar-refractivity contribution < 1.29 is 14.7 Å². The van der Waals surface area contributed by atoms with E-state index in [2.05, 4.69) is 10.3 Å². The Balaban J connectivity index is 1.75. The number of hydrogen-bond acceptors (Lipinski definition) is 3. The Hall–Kier alpha value is -2.89. The number of carboxylic acid groups (broad SMARTS) is 1. The van der Waals surface area contributed by atoms with E-state index in [1.807, 2.05) is 36.4 Å². The molecule has 0 spiro atoms. The zero-order chi connectivity index (χ0) is 20.1. The topological polar surface area (TPSA) is 79.3 Å². The molecule has 0 fully saturated rings. The van der Waals surface area contributed by atoms with Crippen LogP contribution in [0.4, 0.5) is 0 Å². The van der Waals surface area contributed by atoms with Gasteiger partial charge in [0.1, 0.15) is 6.04 Å². The third kappa shape index (κ3) is 4.68. The first-order valence-electron chi connectivity index (χ1n) is 8.42. The van der Waals surface area contributed by atoms with Crippen LogP contribution < -0.4 is 5.32 Å². The second-order valence-corrected chi connectivity index (χ2v) is 6.91. The molecule has 2 aromatic carbocycles. The number of nitrogens with zero attached hydrogens (tertiary/aromatic N) is 1. The number of carbonyl (C=O) groups excluding carboxylic acids is 1. The molecule has 1 atom stereocenters. The second-order valence-electron chi connectivity index (χ2n) is 6.10. The molecule has 3 aromatic rings. The zero-order valence-corrected chi connectivity index (χ0v) is 16.1. The minimum Gasteiger partial charge on any atom is -0.480 e. The average molecular weight is 415 g/mol. The molecule has 0 aliphatic rings. The van der Waals surface area contributed by atoms with Crippen molar-refractivity contribution in [3.05, 3.63) is 88.2 Å². The van der Waals surface area contributed by atoms with Gasteiger partial charge in [-0.1, -0.05) is 53.5 Å². The minimum absolute atomic E-state index is 0.0603. The van der Waals surface area contributed by atoms with Crippen LogP contribution >= 0.6 is 23.2 Å². The fourth-order valence-corrected chi connectivity index (χ4v) is 3.33. The van der Waals surface area contributed by atoms with Crippen LogP contribution in [0, 0.1) is 0 Å². The van der Waals surface area contributed by atoms with Gasteiger partial charge in [-0.15, -0.1) is 0 Å². The van der Waals surface area contributed by atoms with Gasteiger partial charge in [-0.25, -0.2) is 4.79 Å². The van der Waals surface area contributed by atoms with Crippen LogP contribution in [0.25, 0.3) is 11.1 Å². The fourth-order valence-electron chi connectivity index (χ4n) is 2.76. The van der Waals surface area contributed by atoms with Crippen molar-refractivity contribution in [2.24, 2.45) is 0 Å². The minimum atomic E-state index is -1.14. The molecule has 1 amide bonds. The third-order valence-electron chi connectivity index (χ3n) is 4.20. The highest BCUT2D eigenvalue weighted by atomic mass is 35.5. The van der Waals surface area contributed by atoms with E-state index < -0.39 is 17.9 Å². The number of aliphatic carboxylic acids is 1. The van der Waals surface area contributed by atoms with Crippen molar-refractivity contribution in [2.45, 2.75) is 12.5 Å². The Morgan fingerprint density at radius 1 is 0.929 bits per heavy atom. The van der Waals surface area contributed by atoms with E-state index in [4.69, 9.17) is 23.2 Å². The SMILES string of the molecule is O=C(N[C@@H](Cc1ccc(-c2ccncc2)cc1)C(=O)O)c1c(Cl)cccc1Cl. The summed E-state index contributed by atoms with van der Waals surface area (Å²) in [6, 6.07) is 14.8. The van der Waals surface area contributed by atoms with Crippen LogP contribution in [-0.2, 0) is 11.2 Å². The van der Waals surface area contributed by atoms with Gasteiger partial charge in [-0.2, -0.15) is 0 Å². The largest absolute Gasteiger partial charge is 0.480 e. The van der Waals surface area contributed by atoms with Gasteiger partial charge in [0.2, 0.25) is 0 Å². The normalized spacial score (nSPS) is 11.6. The molecule has 0 saturated carbocycles. The van der Waals surface area contributed by atoms with Gasteiger partial charge in [0.05, 0.1) is 15.6 Å². The Morgan fingerprint density at radius 2 is 1.50 bits per heavy atom. The Morgan fingerprint density at radius 3 is 2.07 bits per heavy atom. The summed E-state index contributed by atoms with van der Waals surface area (Å²) in [5, 5.41) is 12.3. The molecular formula is C21H16Cl2N2O3. The number of benzene rings is 2. The number of rotatable bonds is 6. The second kappa shape index (κ2) is 8.87. The number of carboxylic acids is 1. The van der Waals surface area contributed by atoms with Gasteiger partial charge >= 0.3 is 5.97 Å². The summed E-state index contributed by atoms with van der Waals surface area (Å²) in [6.45, 7) is 0. The molecular weight excluding hydrogens is 399 g/mol. The van der Waals surface area contributed by atoms with Gasteiger partial charge < -0.3 is 10.4 Å². The first-order chi connectivity index (χ1) is 13.5. The van der Waals surface area contributed by atoms with Crippen LogP contribution in [0.3, 0.4) is 0 Å². The van der Waals surface area contributed by atoms with Gasteiger partial charge in [-0.3, -0.25) is 9.78 Å². The Kier molecular flexibility index (Phi) is 6.29. The molecule has 5 nitrogen and oxygen atoms in total. The molecule has 0 aliphatic heterocycles. The van der Waals surface area contributed by atoms with Gasteiger partial charge in [-0.05, 0) is 41.0 Å². The smallest absolute Gasteiger partial charge is 0.326 e. The molecule has 1 heterocycles. The highest BCUT2D eigenvalue weighted by Crippen LogP contribution is 2.24. The predicted molar refractivity (Wildman–Crippen MR) is 109 cm³/mol. The maximum absolute atomic E-state index is 12.5. The van der Waals surface area contributed by atoms with Crippen molar-refractivity contribution in [3.63, 3.8) is 0 Å². The van der Waals surface area contributed by atoms with E-state index in [-0.39, 0.29) is 22.0 Å². The highest BCUT2D eigenvalue weighted by molar-refractivity contribution is 6.39. The number of aromatic nitrogens is 1. The van der Waals surface area contributed by atoms with Crippen LogP contribution in [0.15, 0.2) is 67.0 Å². The molecule has 0 aliphatic carbocycles. The lowest BCUT2D eigenvalue weighted by Crippen LogP contribution is -2.42. The van der Waals surface area contributed by atoms with E-state index in [1.165, 1.54) is 12.1 Å². The van der Waals surface area contributed by atoms with Crippen molar-refractivity contribution >= 4 is 35.1 Å². The maximum Gasteiger partial charge on any atom is 0.326 e. The van der Waals surface area contributed by atoms with Gasteiger partial charge in [0, 0.05) is 18.8 Å². The van der Waals surface area contributed by atoms with E-state index in [0.717, 1.165) is 16.7 Å². The lowest BCUT2D eigenvalue weighted by molar-refractivity contribution is -0.139. The van der Waals surface area contributed by atoms with E-state index in [9.17, 15) is 14.7 Å². The van der Waals surface area contributed by atoms with Gasteiger partial charge in [0.25, 0.3) is 5.91 Å². The summed E-state index contributed by atoms with van der Waals surface area (Å²) >= 11 is 12.1. The number of nitrogens with one attached hydrogen (secondary N) is 1. The average Bonchev–Trinajstić information content (AvgIpc) is 2.68. The summed E-state index contributed by atoms with van der Waals surface area (Å²) in [5.74, 6) is -1.77. The van der Waals surface area contributed by atoms with Gasteiger partial charge in [0.15, 0.2) is 0 Å². The Labute approximate surface area is 171 Å². The van der Waals surface area contributed by atoms with E-state index in [1.54, 1.807) is 18.5 Å². The third-order valence-corrected chi connectivity index (χ3v) is 4.83. The Bertz CT molecular complexity index is 972. The summed E-state index contributed by atoms with van der Waals surface area (Å²) in [6.07, 6.45) is 3.54. The summed E-state index contributed by atoms with van der Waals surface area (Å²) in [4.78, 5) is 28.1. The number of halogens is 2. The molecule has 0 bridgehead atoms. The monoisotopic (exact) mass is 414 g/mol. The number of amides is 1. The highest BCUT2D eigenvalue weighted by Gasteiger charge is 2.23. The summed E-state index contributed by atoms with van der Waals surface area (Å²) in [5.41, 5.74) is 2.84.